The van der Waals surface area contributed by atoms with Gasteiger partial charge in [0.05, 0.1) is 11.3 Å². The zero-order valence-electron chi connectivity index (χ0n) is 19.3. The van der Waals surface area contributed by atoms with Gasteiger partial charge in [-0.2, -0.15) is 0 Å². The summed E-state index contributed by atoms with van der Waals surface area (Å²) >= 11 is 0. The highest BCUT2D eigenvalue weighted by Crippen LogP contribution is 2.22. The van der Waals surface area contributed by atoms with Crippen LogP contribution in [0, 0.1) is 0 Å². The number of nitrogens with zero attached hydrogens (tertiary/aromatic N) is 2. The Labute approximate surface area is 207 Å². The number of hydrogen-bond donors (Lipinski definition) is 1. The van der Waals surface area contributed by atoms with Crippen LogP contribution in [0.5, 0.6) is 11.5 Å². The number of nitrogens with one attached hydrogen (secondary N) is 1. The summed E-state index contributed by atoms with van der Waals surface area (Å²) in [6.45, 7) is 5.51. The Bertz CT molecular complexity index is 1190. The lowest BCUT2D eigenvalue weighted by Gasteiger charge is -2.33. The molecule has 1 aliphatic rings. The number of anilines is 1. The number of carbonyl (C=O) groups excluding carboxylic acids is 2. The Morgan fingerprint density at radius 3 is 2.14 bits per heavy atom. The minimum absolute atomic E-state index is 0.0504. The van der Waals surface area contributed by atoms with Crippen molar-refractivity contribution in [1.29, 1.82) is 0 Å². The standard InChI is InChI=1S/C27H27N3O4S/c1-2-26(31)28-22-10-14-25(15-11-22)35(33)30-18-16-29(17-19-30)27(32)20-21-8-12-24(13-9-21)34-23-6-4-3-5-7-23/h2-15H,1,16-20H2,(H,28,31). The topological polar surface area (TPSA) is 79.0 Å². The monoisotopic (exact) mass is 489 g/mol. The van der Waals surface area contributed by atoms with Gasteiger partial charge in [0.2, 0.25) is 11.8 Å². The number of ether oxygens (including phenoxy) is 1. The zero-order chi connectivity index (χ0) is 24.6. The first-order valence-electron chi connectivity index (χ1n) is 11.3. The maximum absolute atomic E-state index is 12.9. The van der Waals surface area contributed by atoms with Gasteiger partial charge in [-0.3, -0.25) is 9.59 Å². The molecule has 180 valence electrons. The molecule has 0 aromatic heterocycles. The number of piperazine rings is 1. The lowest BCUT2D eigenvalue weighted by Crippen LogP contribution is -2.49. The fourth-order valence-electron chi connectivity index (χ4n) is 3.69. The van der Waals surface area contributed by atoms with E-state index in [2.05, 4.69) is 11.9 Å². The smallest absolute Gasteiger partial charge is 0.247 e. The SMILES string of the molecule is C=CC(=O)Nc1ccc(S(=O)N2CCN(C(=O)Cc3ccc(Oc4ccccc4)cc3)CC2)cc1. The molecule has 0 bridgehead atoms. The van der Waals surface area contributed by atoms with Crippen LogP contribution < -0.4 is 10.1 Å². The highest BCUT2D eigenvalue weighted by molar-refractivity contribution is 7.82. The molecule has 1 unspecified atom stereocenters. The van der Waals surface area contributed by atoms with E-state index >= 15 is 0 Å². The summed E-state index contributed by atoms with van der Waals surface area (Å²) in [5, 5.41) is 2.67. The third-order valence-corrected chi connectivity index (χ3v) is 7.10. The van der Waals surface area contributed by atoms with Gasteiger partial charge in [0.15, 0.2) is 0 Å². The summed E-state index contributed by atoms with van der Waals surface area (Å²) in [4.78, 5) is 26.7. The molecule has 2 amide bonds. The van der Waals surface area contributed by atoms with Crippen molar-refractivity contribution in [1.82, 2.24) is 9.21 Å². The van der Waals surface area contributed by atoms with E-state index in [1.54, 1.807) is 24.3 Å². The molecule has 1 heterocycles. The van der Waals surface area contributed by atoms with Crippen LogP contribution in [-0.4, -0.2) is 51.4 Å². The fourth-order valence-corrected chi connectivity index (χ4v) is 4.85. The predicted molar refractivity (Wildman–Crippen MR) is 136 cm³/mol. The predicted octanol–water partition coefficient (Wildman–Crippen LogP) is 4.01. The van der Waals surface area contributed by atoms with Crippen LogP contribution in [0.4, 0.5) is 5.69 Å². The van der Waals surface area contributed by atoms with Gasteiger partial charge in [0, 0.05) is 31.9 Å². The zero-order valence-corrected chi connectivity index (χ0v) is 20.1. The Morgan fingerprint density at radius 1 is 0.886 bits per heavy atom. The van der Waals surface area contributed by atoms with Gasteiger partial charge in [-0.05, 0) is 60.2 Å². The molecule has 0 radical (unpaired) electrons. The number of carbonyl (C=O) groups is 2. The van der Waals surface area contributed by atoms with Crippen LogP contribution in [0.2, 0.25) is 0 Å². The summed E-state index contributed by atoms with van der Waals surface area (Å²) in [5.74, 6) is 1.24. The molecule has 35 heavy (non-hydrogen) atoms. The summed E-state index contributed by atoms with van der Waals surface area (Å²) in [7, 11) is -1.33. The van der Waals surface area contributed by atoms with Crippen molar-refractivity contribution in [2.45, 2.75) is 11.3 Å². The van der Waals surface area contributed by atoms with Gasteiger partial charge in [-0.15, -0.1) is 0 Å². The molecule has 7 nitrogen and oxygen atoms in total. The maximum atomic E-state index is 12.9. The highest BCUT2D eigenvalue weighted by Gasteiger charge is 2.25. The van der Waals surface area contributed by atoms with Crippen molar-refractivity contribution >= 4 is 28.5 Å². The van der Waals surface area contributed by atoms with Gasteiger partial charge in [0.25, 0.3) is 0 Å². The summed E-state index contributed by atoms with van der Waals surface area (Å²) in [6, 6.07) is 24.0. The van der Waals surface area contributed by atoms with Crippen molar-refractivity contribution in [3.63, 3.8) is 0 Å². The molecule has 3 aromatic rings. The van der Waals surface area contributed by atoms with Gasteiger partial charge in [-0.25, -0.2) is 8.51 Å². The first kappa shape index (κ1) is 24.4. The Morgan fingerprint density at radius 2 is 1.51 bits per heavy atom. The third-order valence-electron chi connectivity index (χ3n) is 5.59. The Hall–Kier alpha value is -3.75. The molecule has 1 atom stereocenters. The molecular weight excluding hydrogens is 462 g/mol. The number of para-hydroxylation sites is 1. The molecule has 0 spiro atoms. The minimum Gasteiger partial charge on any atom is -0.457 e. The molecule has 1 aliphatic heterocycles. The Balaban J connectivity index is 1.26. The number of rotatable bonds is 8. The second kappa shape index (κ2) is 11.6. The summed E-state index contributed by atoms with van der Waals surface area (Å²) < 4.78 is 20.6. The van der Waals surface area contributed by atoms with Gasteiger partial charge in [0.1, 0.15) is 22.5 Å². The summed E-state index contributed by atoms with van der Waals surface area (Å²) in [6.07, 6.45) is 1.51. The molecule has 1 N–H and O–H groups in total. The lowest BCUT2D eigenvalue weighted by molar-refractivity contribution is -0.131. The number of benzene rings is 3. The average molecular weight is 490 g/mol. The van der Waals surface area contributed by atoms with E-state index in [9.17, 15) is 13.8 Å². The number of hydrogen-bond acceptors (Lipinski definition) is 4. The van der Waals surface area contributed by atoms with Crippen molar-refractivity contribution in [3.05, 3.63) is 97.1 Å². The first-order chi connectivity index (χ1) is 17.0. The van der Waals surface area contributed by atoms with Crippen molar-refractivity contribution in [2.75, 3.05) is 31.5 Å². The quantitative estimate of drug-likeness (QED) is 0.485. The van der Waals surface area contributed by atoms with Crippen LogP contribution in [-0.2, 0) is 27.0 Å². The molecule has 1 saturated heterocycles. The van der Waals surface area contributed by atoms with E-state index in [0.717, 1.165) is 17.1 Å². The largest absolute Gasteiger partial charge is 0.457 e. The lowest BCUT2D eigenvalue weighted by atomic mass is 10.1. The van der Waals surface area contributed by atoms with Crippen LogP contribution in [0.15, 0.2) is 96.4 Å². The second-order valence-electron chi connectivity index (χ2n) is 8.01. The normalized spacial score (nSPS) is 14.7. The fraction of sp³-hybridized carbons (Fsp3) is 0.185. The van der Waals surface area contributed by atoms with Crippen LogP contribution in [0.1, 0.15) is 5.56 Å². The van der Waals surface area contributed by atoms with Crippen LogP contribution >= 0.6 is 0 Å². The van der Waals surface area contributed by atoms with E-state index < -0.39 is 11.0 Å². The Kier molecular flexibility index (Phi) is 8.07. The van der Waals surface area contributed by atoms with E-state index in [1.807, 2.05) is 63.8 Å². The first-order valence-corrected chi connectivity index (χ1v) is 12.4. The second-order valence-corrected chi connectivity index (χ2v) is 9.50. The van der Waals surface area contributed by atoms with Crippen LogP contribution in [0.25, 0.3) is 0 Å². The van der Waals surface area contributed by atoms with E-state index in [4.69, 9.17) is 4.74 Å². The minimum atomic E-state index is -1.33. The summed E-state index contributed by atoms with van der Waals surface area (Å²) in [5.41, 5.74) is 1.54. The van der Waals surface area contributed by atoms with Gasteiger partial charge < -0.3 is 15.0 Å². The highest BCUT2D eigenvalue weighted by atomic mass is 32.2. The van der Waals surface area contributed by atoms with Crippen molar-refractivity contribution in [3.8, 4) is 11.5 Å². The molecule has 8 heteroatoms. The molecule has 0 aliphatic carbocycles. The number of amides is 2. The molecule has 1 fully saturated rings. The maximum Gasteiger partial charge on any atom is 0.247 e. The van der Waals surface area contributed by atoms with E-state index in [-0.39, 0.29) is 11.8 Å². The molecule has 0 saturated carbocycles. The van der Waals surface area contributed by atoms with Gasteiger partial charge in [-0.1, -0.05) is 36.9 Å². The van der Waals surface area contributed by atoms with Gasteiger partial charge >= 0.3 is 0 Å². The molecular formula is C27H27N3O4S. The molecule has 4 rings (SSSR count). The van der Waals surface area contributed by atoms with E-state index in [0.29, 0.717) is 43.2 Å². The average Bonchev–Trinajstić information content (AvgIpc) is 2.90. The third kappa shape index (κ3) is 6.65. The van der Waals surface area contributed by atoms with Crippen LogP contribution in [0.3, 0.4) is 0 Å². The van der Waals surface area contributed by atoms with E-state index in [1.165, 1.54) is 6.08 Å². The van der Waals surface area contributed by atoms with Crippen molar-refractivity contribution in [2.24, 2.45) is 0 Å². The molecule has 3 aromatic carbocycles. The van der Waals surface area contributed by atoms with Crippen molar-refractivity contribution < 1.29 is 18.5 Å².